The summed E-state index contributed by atoms with van der Waals surface area (Å²) in [5, 5.41) is 3.35. The summed E-state index contributed by atoms with van der Waals surface area (Å²) in [6, 6.07) is 0. The lowest BCUT2D eigenvalue weighted by Gasteiger charge is -2.33. The number of aromatic nitrogens is 3. The second-order valence-corrected chi connectivity index (χ2v) is 13.2. The topological polar surface area (TPSA) is 83.2 Å². The van der Waals surface area contributed by atoms with Crippen LogP contribution in [0.1, 0.15) is 13.8 Å². The Hall–Kier alpha value is -1.39. The normalized spacial score (nSPS) is 16.1. The molecule has 1 aromatic heterocycles. The van der Waals surface area contributed by atoms with Gasteiger partial charge in [-0.1, -0.05) is 26.6 Å². The smallest absolute Gasteiger partial charge is 0.257 e. The van der Waals surface area contributed by atoms with Crippen LogP contribution in [0.15, 0.2) is 6.33 Å². The number of rotatable bonds is 6. The maximum Gasteiger partial charge on any atom is 0.257 e. The van der Waals surface area contributed by atoms with Gasteiger partial charge in [-0.3, -0.25) is 0 Å². The molecule has 1 fully saturated rings. The van der Waals surface area contributed by atoms with E-state index < -0.39 is 20.5 Å². The van der Waals surface area contributed by atoms with Crippen molar-refractivity contribution in [2.24, 2.45) is 5.73 Å². The molecular weight excluding hydrogens is 356 g/mol. The first-order chi connectivity index (χ1) is 12.0. The van der Waals surface area contributed by atoms with E-state index in [0.29, 0.717) is 5.95 Å². The summed E-state index contributed by atoms with van der Waals surface area (Å²) < 4.78 is 22.7. The molecule has 1 aromatic rings. The molecule has 1 saturated heterocycles. The van der Waals surface area contributed by atoms with Crippen molar-refractivity contribution in [1.29, 1.82) is 0 Å². The van der Waals surface area contributed by atoms with Gasteiger partial charge >= 0.3 is 0 Å². The molecule has 1 aliphatic rings. The summed E-state index contributed by atoms with van der Waals surface area (Å²) >= 11 is 0. The van der Waals surface area contributed by atoms with Gasteiger partial charge in [0, 0.05) is 39.3 Å². The molecule has 0 spiro atoms. The zero-order valence-electron chi connectivity index (χ0n) is 16.6. The summed E-state index contributed by atoms with van der Waals surface area (Å²) in [7, 11) is -1.14. The van der Waals surface area contributed by atoms with E-state index in [1.165, 1.54) is 0 Å². The third-order valence-electron chi connectivity index (χ3n) is 3.80. The maximum absolute atomic E-state index is 11.3. The van der Waals surface area contributed by atoms with Crippen LogP contribution in [0.2, 0.25) is 19.6 Å². The standard InChI is InChI=1S/C13H26N6Si.C3H7F2N/c1-5-18-6-8-19(9-7-18)13-15-10-14-12(17-13)16-11-20(2,3)4;1-3(4,5)2-6/h10H,5-9,11H2,1-4H3,(H,14,15,16,17);2,6H2,1H3. The van der Waals surface area contributed by atoms with Gasteiger partial charge in [0.1, 0.15) is 6.33 Å². The van der Waals surface area contributed by atoms with E-state index in [2.05, 4.69) is 62.4 Å². The van der Waals surface area contributed by atoms with Crippen molar-refractivity contribution in [2.45, 2.75) is 39.4 Å². The van der Waals surface area contributed by atoms with Crippen LogP contribution in [0, 0.1) is 0 Å². The first kappa shape index (κ1) is 22.6. The lowest BCUT2D eigenvalue weighted by atomic mass is 10.3. The molecule has 2 rings (SSSR count). The molecule has 0 bridgehead atoms. The van der Waals surface area contributed by atoms with Crippen molar-refractivity contribution in [3.8, 4) is 0 Å². The number of hydrogen-bond acceptors (Lipinski definition) is 7. The molecule has 0 amide bonds. The number of likely N-dealkylation sites (N-methyl/N-ethyl adjacent to an activating group) is 1. The summed E-state index contributed by atoms with van der Waals surface area (Å²) in [5.74, 6) is -1.18. The van der Waals surface area contributed by atoms with E-state index >= 15 is 0 Å². The van der Waals surface area contributed by atoms with Gasteiger partial charge in [0.25, 0.3) is 5.92 Å². The average molecular weight is 390 g/mol. The predicted octanol–water partition coefficient (Wildman–Crippen LogP) is 1.90. The molecule has 3 N–H and O–H groups in total. The van der Waals surface area contributed by atoms with Gasteiger partial charge in [0.15, 0.2) is 0 Å². The van der Waals surface area contributed by atoms with Gasteiger partial charge in [0.05, 0.1) is 14.6 Å². The Labute approximate surface area is 156 Å². The lowest BCUT2D eigenvalue weighted by molar-refractivity contribution is 0.0321. The molecule has 0 aliphatic carbocycles. The third-order valence-corrected chi connectivity index (χ3v) is 5.03. The molecule has 26 heavy (non-hydrogen) atoms. The fourth-order valence-electron chi connectivity index (χ4n) is 2.13. The second-order valence-electron chi connectivity index (χ2n) is 7.72. The first-order valence-electron chi connectivity index (χ1n) is 9.02. The zero-order valence-corrected chi connectivity index (χ0v) is 17.6. The molecule has 0 saturated carbocycles. The van der Waals surface area contributed by atoms with Crippen LogP contribution >= 0.6 is 0 Å². The molecule has 0 radical (unpaired) electrons. The number of piperazine rings is 1. The van der Waals surface area contributed by atoms with Gasteiger partial charge in [-0.15, -0.1) is 0 Å². The highest BCUT2D eigenvalue weighted by Gasteiger charge is 2.19. The quantitative estimate of drug-likeness (QED) is 0.719. The van der Waals surface area contributed by atoms with Crippen molar-refractivity contribution >= 4 is 20.0 Å². The van der Waals surface area contributed by atoms with Crippen LogP contribution < -0.4 is 16.0 Å². The van der Waals surface area contributed by atoms with Crippen LogP contribution in [-0.4, -0.2) is 79.3 Å². The highest BCUT2D eigenvalue weighted by Crippen LogP contribution is 2.12. The summed E-state index contributed by atoms with van der Waals surface area (Å²) in [6.07, 6.45) is 2.60. The highest BCUT2D eigenvalue weighted by atomic mass is 28.3. The Morgan fingerprint density at radius 1 is 1.19 bits per heavy atom. The minimum absolute atomic E-state index is 0.562. The summed E-state index contributed by atoms with van der Waals surface area (Å²) in [5.41, 5.74) is 4.56. The van der Waals surface area contributed by atoms with Crippen molar-refractivity contribution in [3.63, 3.8) is 0 Å². The molecule has 150 valence electrons. The van der Waals surface area contributed by atoms with Gasteiger partial charge in [-0.2, -0.15) is 4.98 Å². The average Bonchev–Trinajstić information content (AvgIpc) is 2.60. The van der Waals surface area contributed by atoms with Gasteiger partial charge in [0.2, 0.25) is 11.9 Å². The fourth-order valence-corrected chi connectivity index (χ4v) is 2.82. The Morgan fingerprint density at radius 3 is 2.23 bits per heavy atom. The van der Waals surface area contributed by atoms with Crippen LogP contribution in [0.4, 0.5) is 20.7 Å². The molecule has 7 nitrogen and oxygen atoms in total. The van der Waals surface area contributed by atoms with Gasteiger partial charge < -0.3 is 20.9 Å². The number of nitrogens with zero attached hydrogens (tertiary/aromatic N) is 5. The monoisotopic (exact) mass is 389 g/mol. The predicted molar refractivity (Wildman–Crippen MR) is 106 cm³/mol. The van der Waals surface area contributed by atoms with E-state index in [0.717, 1.165) is 51.8 Å². The van der Waals surface area contributed by atoms with Crippen molar-refractivity contribution < 1.29 is 8.78 Å². The number of nitrogens with two attached hydrogens (primary N) is 1. The molecule has 0 unspecified atom stereocenters. The molecular formula is C16H33F2N7Si. The van der Waals surface area contributed by atoms with Crippen LogP contribution in [-0.2, 0) is 0 Å². The third kappa shape index (κ3) is 9.34. The number of halogens is 2. The van der Waals surface area contributed by atoms with E-state index in [4.69, 9.17) is 0 Å². The SMILES string of the molecule is CC(F)(F)CN.CCN1CCN(c2ncnc(NC[Si](C)(C)C)n2)CC1. The Morgan fingerprint density at radius 2 is 1.77 bits per heavy atom. The molecule has 0 aromatic carbocycles. The van der Waals surface area contributed by atoms with Crippen LogP contribution in [0.25, 0.3) is 0 Å². The van der Waals surface area contributed by atoms with Gasteiger partial charge in [-0.25, -0.2) is 18.7 Å². The van der Waals surface area contributed by atoms with Crippen molar-refractivity contribution in [3.05, 3.63) is 6.33 Å². The van der Waals surface area contributed by atoms with E-state index in [-0.39, 0.29) is 0 Å². The van der Waals surface area contributed by atoms with Crippen molar-refractivity contribution in [2.75, 3.05) is 55.7 Å². The van der Waals surface area contributed by atoms with E-state index in [1.54, 1.807) is 6.33 Å². The van der Waals surface area contributed by atoms with Crippen LogP contribution in [0.5, 0.6) is 0 Å². The zero-order chi connectivity index (χ0) is 19.8. The number of anilines is 2. The highest BCUT2D eigenvalue weighted by molar-refractivity contribution is 6.76. The largest absolute Gasteiger partial charge is 0.357 e. The number of nitrogens with one attached hydrogen (secondary N) is 1. The van der Waals surface area contributed by atoms with E-state index in [1.807, 2.05) is 0 Å². The van der Waals surface area contributed by atoms with Crippen molar-refractivity contribution in [1.82, 2.24) is 19.9 Å². The molecule has 1 aliphatic heterocycles. The van der Waals surface area contributed by atoms with E-state index in [9.17, 15) is 8.78 Å². The molecule has 2 heterocycles. The Balaban J connectivity index is 0.000000487. The summed E-state index contributed by atoms with van der Waals surface area (Å²) in [4.78, 5) is 17.8. The lowest BCUT2D eigenvalue weighted by Crippen LogP contribution is -2.46. The molecule has 0 atom stereocenters. The number of alkyl halides is 2. The summed E-state index contributed by atoms with van der Waals surface area (Å²) in [6.45, 7) is 14.7. The van der Waals surface area contributed by atoms with Gasteiger partial charge in [-0.05, 0) is 6.54 Å². The first-order valence-corrected chi connectivity index (χ1v) is 12.7. The Bertz CT molecular complexity index is 526. The maximum atomic E-state index is 11.3. The number of hydrogen-bond donors (Lipinski definition) is 2. The second kappa shape index (κ2) is 10.1. The Kier molecular flexibility index (Phi) is 8.77. The van der Waals surface area contributed by atoms with Crippen LogP contribution in [0.3, 0.4) is 0 Å². The minimum Gasteiger partial charge on any atom is -0.357 e. The fraction of sp³-hybridized carbons (Fsp3) is 0.812. The minimum atomic E-state index is -2.68. The molecule has 10 heteroatoms.